The number of hydrogen-bond acceptors (Lipinski definition) is 3. The lowest BCUT2D eigenvalue weighted by Gasteiger charge is -2.29. The summed E-state index contributed by atoms with van der Waals surface area (Å²) in [6.07, 6.45) is 8.19. The molecule has 20 heavy (non-hydrogen) atoms. The van der Waals surface area contributed by atoms with Gasteiger partial charge < -0.3 is 4.74 Å². The van der Waals surface area contributed by atoms with E-state index >= 15 is 0 Å². The minimum absolute atomic E-state index is 0.0154. The SMILES string of the molecule is CCC(OC1CCCCC1)C(=O)N(C)c1ccnn1C. The summed E-state index contributed by atoms with van der Waals surface area (Å²) in [6.45, 7) is 2.00. The first-order valence-corrected chi connectivity index (χ1v) is 7.54. The topological polar surface area (TPSA) is 47.4 Å². The van der Waals surface area contributed by atoms with E-state index in [1.165, 1.54) is 19.3 Å². The monoisotopic (exact) mass is 279 g/mol. The highest BCUT2D eigenvalue weighted by molar-refractivity contribution is 5.95. The number of nitrogens with zero attached hydrogens (tertiary/aromatic N) is 3. The lowest BCUT2D eigenvalue weighted by atomic mass is 9.97. The third-order valence-electron chi connectivity index (χ3n) is 4.02. The average molecular weight is 279 g/mol. The van der Waals surface area contributed by atoms with Crippen molar-refractivity contribution in [1.29, 1.82) is 0 Å². The highest BCUT2D eigenvalue weighted by atomic mass is 16.5. The number of carbonyl (C=O) groups is 1. The van der Waals surface area contributed by atoms with Crippen LogP contribution in [0, 0.1) is 0 Å². The molecular formula is C15H25N3O2. The van der Waals surface area contributed by atoms with Crippen molar-refractivity contribution in [3.05, 3.63) is 12.3 Å². The molecule has 0 spiro atoms. The molecule has 1 heterocycles. The van der Waals surface area contributed by atoms with Crippen molar-refractivity contribution in [1.82, 2.24) is 9.78 Å². The standard InChI is InChI=1S/C15H25N3O2/c1-4-13(20-12-8-6-5-7-9-12)15(19)17(2)14-10-11-16-18(14)3/h10-13H,4-9H2,1-3H3. The summed E-state index contributed by atoms with van der Waals surface area (Å²) in [4.78, 5) is 14.2. The number of likely N-dealkylation sites (N-methyl/N-ethyl adjacent to an activating group) is 1. The van der Waals surface area contributed by atoms with Gasteiger partial charge in [0, 0.05) is 20.2 Å². The minimum Gasteiger partial charge on any atom is -0.365 e. The quantitative estimate of drug-likeness (QED) is 0.832. The van der Waals surface area contributed by atoms with E-state index in [-0.39, 0.29) is 18.1 Å². The van der Waals surface area contributed by atoms with Gasteiger partial charge in [-0.2, -0.15) is 5.10 Å². The third kappa shape index (κ3) is 3.39. The Kier molecular flexibility index (Phi) is 5.17. The maximum Gasteiger partial charge on any atom is 0.256 e. The zero-order valence-electron chi connectivity index (χ0n) is 12.7. The van der Waals surface area contributed by atoms with Crippen LogP contribution in [0.1, 0.15) is 45.4 Å². The van der Waals surface area contributed by atoms with Gasteiger partial charge in [-0.15, -0.1) is 0 Å². The fourth-order valence-corrected chi connectivity index (χ4v) is 2.79. The lowest BCUT2D eigenvalue weighted by molar-refractivity contribution is -0.135. The van der Waals surface area contributed by atoms with Crippen molar-refractivity contribution >= 4 is 11.7 Å². The Morgan fingerprint density at radius 1 is 1.50 bits per heavy atom. The Balaban J connectivity index is 1.99. The van der Waals surface area contributed by atoms with Crippen LogP contribution < -0.4 is 4.90 Å². The molecule has 0 bridgehead atoms. The van der Waals surface area contributed by atoms with Gasteiger partial charge in [-0.3, -0.25) is 14.4 Å². The Morgan fingerprint density at radius 2 is 2.20 bits per heavy atom. The summed E-state index contributed by atoms with van der Waals surface area (Å²) >= 11 is 0. The van der Waals surface area contributed by atoms with Crippen molar-refractivity contribution in [2.75, 3.05) is 11.9 Å². The molecule has 1 aromatic heterocycles. The molecule has 0 aromatic carbocycles. The number of anilines is 1. The van der Waals surface area contributed by atoms with E-state index in [0.717, 1.165) is 18.7 Å². The third-order valence-corrected chi connectivity index (χ3v) is 4.02. The van der Waals surface area contributed by atoms with Gasteiger partial charge in [0.1, 0.15) is 11.9 Å². The molecule has 1 fully saturated rings. The summed E-state index contributed by atoms with van der Waals surface area (Å²) in [7, 11) is 3.62. The summed E-state index contributed by atoms with van der Waals surface area (Å²) < 4.78 is 7.74. The molecule has 1 aliphatic carbocycles. The molecule has 2 rings (SSSR count). The number of carbonyl (C=O) groups excluding carboxylic acids is 1. The van der Waals surface area contributed by atoms with Crippen LogP contribution >= 0.6 is 0 Å². The minimum atomic E-state index is -0.349. The molecule has 1 aliphatic rings. The highest BCUT2D eigenvalue weighted by Gasteiger charge is 2.27. The van der Waals surface area contributed by atoms with Crippen molar-refractivity contribution in [2.45, 2.75) is 57.7 Å². The Morgan fingerprint density at radius 3 is 2.75 bits per heavy atom. The van der Waals surface area contributed by atoms with E-state index in [0.29, 0.717) is 6.42 Å². The molecule has 1 atom stereocenters. The number of hydrogen-bond donors (Lipinski definition) is 0. The molecule has 0 radical (unpaired) electrons. The van der Waals surface area contributed by atoms with Crippen LogP contribution in [0.5, 0.6) is 0 Å². The van der Waals surface area contributed by atoms with Gasteiger partial charge in [0.05, 0.1) is 12.3 Å². The predicted molar refractivity (Wildman–Crippen MR) is 78.7 cm³/mol. The van der Waals surface area contributed by atoms with Crippen LogP contribution in [0.4, 0.5) is 5.82 Å². The van der Waals surface area contributed by atoms with Crippen LogP contribution in [-0.4, -0.2) is 34.9 Å². The van der Waals surface area contributed by atoms with E-state index in [2.05, 4.69) is 5.10 Å². The Hall–Kier alpha value is -1.36. The molecule has 1 unspecified atom stereocenters. The van der Waals surface area contributed by atoms with Crippen molar-refractivity contribution < 1.29 is 9.53 Å². The molecule has 0 aliphatic heterocycles. The van der Waals surface area contributed by atoms with Gasteiger partial charge >= 0.3 is 0 Å². The number of ether oxygens (including phenoxy) is 1. The zero-order valence-corrected chi connectivity index (χ0v) is 12.7. The van der Waals surface area contributed by atoms with E-state index in [1.807, 2.05) is 20.0 Å². The maximum absolute atomic E-state index is 12.6. The van der Waals surface area contributed by atoms with Gasteiger partial charge in [-0.1, -0.05) is 26.2 Å². The molecule has 0 N–H and O–H groups in total. The molecule has 112 valence electrons. The van der Waals surface area contributed by atoms with Gasteiger partial charge in [0.25, 0.3) is 5.91 Å². The lowest BCUT2D eigenvalue weighted by Crippen LogP contribution is -2.40. The number of aromatic nitrogens is 2. The van der Waals surface area contributed by atoms with Crippen molar-refractivity contribution in [2.24, 2.45) is 7.05 Å². The van der Waals surface area contributed by atoms with Crippen LogP contribution in [0.25, 0.3) is 0 Å². The molecule has 1 saturated carbocycles. The van der Waals surface area contributed by atoms with Crippen LogP contribution in [0.3, 0.4) is 0 Å². The summed E-state index contributed by atoms with van der Waals surface area (Å²) in [5, 5.41) is 4.10. The normalized spacial score (nSPS) is 17.9. The van der Waals surface area contributed by atoms with Crippen LogP contribution in [0.2, 0.25) is 0 Å². The first-order chi connectivity index (χ1) is 9.63. The first kappa shape index (κ1) is 15.0. The fourth-order valence-electron chi connectivity index (χ4n) is 2.79. The maximum atomic E-state index is 12.6. The Labute approximate surface area is 120 Å². The second kappa shape index (κ2) is 6.88. The fraction of sp³-hybridized carbons (Fsp3) is 0.733. The van der Waals surface area contributed by atoms with Gasteiger partial charge in [-0.05, 0) is 19.3 Å². The molecule has 1 amide bonds. The van der Waals surface area contributed by atoms with Crippen molar-refractivity contribution in [3.63, 3.8) is 0 Å². The first-order valence-electron chi connectivity index (χ1n) is 7.54. The molecule has 1 aromatic rings. The number of rotatable bonds is 5. The van der Waals surface area contributed by atoms with E-state index in [1.54, 1.807) is 22.8 Å². The predicted octanol–water partition coefficient (Wildman–Crippen LogP) is 2.51. The smallest absolute Gasteiger partial charge is 0.256 e. The van der Waals surface area contributed by atoms with E-state index < -0.39 is 0 Å². The summed E-state index contributed by atoms with van der Waals surface area (Å²) in [5.41, 5.74) is 0. The van der Waals surface area contributed by atoms with Gasteiger partial charge in [0.2, 0.25) is 0 Å². The summed E-state index contributed by atoms with van der Waals surface area (Å²) in [5.74, 6) is 0.808. The molecule has 5 heteroatoms. The summed E-state index contributed by atoms with van der Waals surface area (Å²) in [6, 6.07) is 1.84. The van der Waals surface area contributed by atoms with E-state index in [9.17, 15) is 4.79 Å². The van der Waals surface area contributed by atoms with Crippen LogP contribution in [0.15, 0.2) is 12.3 Å². The number of aryl methyl sites for hydroxylation is 1. The van der Waals surface area contributed by atoms with E-state index in [4.69, 9.17) is 4.74 Å². The van der Waals surface area contributed by atoms with Gasteiger partial charge in [-0.25, -0.2) is 0 Å². The molecule has 0 saturated heterocycles. The average Bonchev–Trinajstić information content (AvgIpc) is 2.90. The molecule has 5 nitrogen and oxygen atoms in total. The number of amides is 1. The zero-order chi connectivity index (χ0) is 14.5. The van der Waals surface area contributed by atoms with Crippen molar-refractivity contribution in [3.8, 4) is 0 Å². The largest absolute Gasteiger partial charge is 0.365 e. The second-order valence-corrected chi connectivity index (χ2v) is 5.50. The Bertz CT molecular complexity index is 438. The van der Waals surface area contributed by atoms with Crippen LogP contribution in [-0.2, 0) is 16.6 Å². The molecular weight excluding hydrogens is 254 g/mol. The van der Waals surface area contributed by atoms with Gasteiger partial charge in [0.15, 0.2) is 0 Å². The highest BCUT2D eigenvalue weighted by Crippen LogP contribution is 2.23. The second-order valence-electron chi connectivity index (χ2n) is 5.50.